The molecule has 3 heterocycles. The first-order chi connectivity index (χ1) is 19.1. The van der Waals surface area contributed by atoms with Gasteiger partial charge in [-0.1, -0.05) is 18.2 Å². The fourth-order valence-electron chi connectivity index (χ4n) is 5.06. The largest absolute Gasteiger partial charge is 0.496 e. The van der Waals surface area contributed by atoms with Crippen LogP contribution in [-0.4, -0.2) is 84.5 Å². The number of benzene rings is 1. The van der Waals surface area contributed by atoms with Gasteiger partial charge in [-0.3, -0.25) is 14.5 Å². The molecular weight excluding hydrogens is 553 g/mol. The highest BCUT2D eigenvalue weighted by Crippen LogP contribution is 2.42. The summed E-state index contributed by atoms with van der Waals surface area (Å²) in [6.45, 7) is 3.35. The highest BCUT2D eigenvalue weighted by Gasteiger charge is 2.46. The lowest BCUT2D eigenvalue weighted by atomic mass is 9.96. The molecule has 1 aromatic carbocycles. The number of likely N-dealkylation sites (tertiary alicyclic amines) is 1. The van der Waals surface area contributed by atoms with Crippen LogP contribution in [0.25, 0.3) is 0 Å². The van der Waals surface area contributed by atoms with Crippen molar-refractivity contribution in [2.75, 3.05) is 19.0 Å². The summed E-state index contributed by atoms with van der Waals surface area (Å²) in [5, 5.41) is 41.4. The number of carboxylic acids is 3. The van der Waals surface area contributed by atoms with Crippen LogP contribution in [-0.2, 0) is 20.9 Å². The van der Waals surface area contributed by atoms with Gasteiger partial charge in [0.15, 0.2) is 11.6 Å². The molecule has 0 amide bonds. The number of rotatable bonds is 9. The number of fused-ring (bicyclic) bond motifs is 1. The van der Waals surface area contributed by atoms with Gasteiger partial charge in [-0.25, -0.2) is 9.48 Å². The summed E-state index contributed by atoms with van der Waals surface area (Å²) in [5.41, 5.74) is -0.962. The molecule has 4 rings (SSSR count). The summed E-state index contributed by atoms with van der Waals surface area (Å²) < 4.78 is 47.1. The molecule has 41 heavy (non-hydrogen) atoms. The van der Waals surface area contributed by atoms with Crippen LogP contribution in [0, 0.1) is 0 Å². The first-order valence-electron chi connectivity index (χ1n) is 12.8. The molecule has 12 nitrogen and oxygen atoms in total. The van der Waals surface area contributed by atoms with E-state index in [-0.39, 0.29) is 18.5 Å². The number of hydrogen-bond acceptors (Lipinski definition) is 8. The van der Waals surface area contributed by atoms with E-state index in [1.807, 2.05) is 24.3 Å². The van der Waals surface area contributed by atoms with Gasteiger partial charge in [-0.05, 0) is 38.8 Å². The first-order valence-corrected chi connectivity index (χ1v) is 12.8. The average molecular weight is 587 g/mol. The monoisotopic (exact) mass is 586 g/mol. The lowest BCUT2D eigenvalue weighted by Crippen LogP contribution is -2.42. The Morgan fingerprint density at radius 3 is 2.32 bits per heavy atom. The smallest absolute Gasteiger partial charge is 0.410 e. The van der Waals surface area contributed by atoms with Crippen LogP contribution in [0.4, 0.5) is 19.0 Å². The van der Waals surface area contributed by atoms with E-state index >= 15 is 0 Å². The maximum absolute atomic E-state index is 13.5. The molecule has 15 heteroatoms. The number of methoxy groups -OCH3 is 1. The van der Waals surface area contributed by atoms with E-state index in [0.29, 0.717) is 18.1 Å². The van der Waals surface area contributed by atoms with Crippen LogP contribution >= 0.6 is 0 Å². The predicted octanol–water partition coefficient (Wildman–Crippen LogP) is 3.29. The Kier molecular flexibility index (Phi) is 9.86. The summed E-state index contributed by atoms with van der Waals surface area (Å²) in [6, 6.07) is 7.83. The number of hydrogen-bond donors (Lipinski definition) is 5. The maximum atomic E-state index is 13.5. The van der Waals surface area contributed by atoms with E-state index in [9.17, 15) is 27.6 Å². The number of nitrogens with one attached hydrogen (secondary N) is 1. The van der Waals surface area contributed by atoms with Gasteiger partial charge in [0.05, 0.1) is 31.7 Å². The fraction of sp³-hybridized carbons (Fsp3) is 0.538. The zero-order valence-corrected chi connectivity index (χ0v) is 22.5. The van der Waals surface area contributed by atoms with Crippen molar-refractivity contribution in [3.63, 3.8) is 0 Å². The van der Waals surface area contributed by atoms with Crippen LogP contribution in [0.1, 0.15) is 62.4 Å². The molecule has 2 aliphatic heterocycles. The molecule has 0 spiro atoms. The Morgan fingerprint density at radius 2 is 1.76 bits per heavy atom. The number of carboxylic acid groups (broad SMARTS) is 3. The van der Waals surface area contributed by atoms with Crippen LogP contribution < -0.4 is 10.1 Å². The summed E-state index contributed by atoms with van der Waals surface area (Å²) in [6.07, 6.45) is -4.72. The van der Waals surface area contributed by atoms with E-state index in [2.05, 4.69) is 15.3 Å². The van der Waals surface area contributed by atoms with Gasteiger partial charge in [0.25, 0.3) is 0 Å². The summed E-state index contributed by atoms with van der Waals surface area (Å²) in [5.74, 6) is -3.74. The van der Waals surface area contributed by atoms with Gasteiger partial charge < -0.3 is 30.5 Å². The summed E-state index contributed by atoms with van der Waals surface area (Å²) in [7, 11) is 1.65. The Hall–Kier alpha value is -3.85. The van der Waals surface area contributed by atoms with Crippen molar-refractivity contribution in [3.8, 4) is 5.75 Å². The van der Waals surface area contributed by atoms with Crippen molar-refractivity contribution < 1.29 is 52.7 Å². The second-order valence-corrected chi connectivity index (χ2v) is 10.2. The molecule has 2 aliphatic rings. The number of aromatic nitrogens is 2. The lowest BCUT2D eigenvalue weighted by Gasteiger charge is -2.31. The third-order valence-electron chi connectivity index (χ3n) is 6.96. The number of carbonyl (C=O) groups is 3. The molecule has 1 unspecified atom stereocenters. The molecule has 3 atom stereocenters. The number of ether oxygens (including phenoxy) is 1. The number of aliphatic carboxylic acids is 3. The quantitative estimate of drug-likeness (QED) is 0.292. The number of halogens is 3. The van der Waals surface area contributed by atoms with Gasteiger partial charge in [0.1, 0.15) is 11.6 Å². The SMILES string of the molecule is COc1ccccc1CN1CCCC1c1cc2n(n1)[C@@H](C(F)(F)F)C[C@@H](C)N2.O=C(O)CC(O)(CC(=O)O)C(=O)O. The number of para-hydroxylation sites is 1. The number of alkyl halides is 3. The Bertz CT molecular complexity index is 1240. The number of aliphatic hydroxyl groups is 1. The maximum Gasteiger partial charge on any atom is 0.410 e. The van der Waals surface area contributed by atoms with Crippen LogP contribution in [0.5, 0.6) is 5.75 Å². The van der Waals surface area contributed by atoms with Crippen molar-refractivity contribution in [2.45, 2.75) is 75.5 Å². The first kappa shape index (κ1) is 31.7. The highest BCUT2D eigenvalue weighted by atomic mass is 19.4. The molecule has 1 aromatic heterocycles. The normalized spacial score (nSPS) is 20.8. The summed E-state index contributed by atoms with van der Waals surface area (Å²) >= 11 is 0. The highest BCUT2D eigenvalue weighted by molar-refractivity contribution is 5.88. The van der Waals surface area contributed by atoms with E-state index < -0.39 is 48.6 Å². The molecule has 5 N–H and O–H groups in total. The minimum absolute atomic E-state index is 0.00673. The lowest BCUT2D eigenvalue weighted by molar-refractivity contribution is -0.173. The zero-order chi connectivity index (χ0) is 30.5. The van der Waals surface area contributed by atoms with Gasteiger partial charge in [-0.15, -0.1) is 0 Å². The molecular formula is C26H33F3N4O8. The van der Waals surface area contributed by atoms with Gasteiger partial charge >= 0.3 is 24.1 Å². The molecule has 0 radical (unpaired) electrons. The van der Waals surface area contributed by atoms with Crippen molar-refractivity contribution in [1.82, 2.24) is 14.7 Å². The predicted molar refractivity (Wildman–Crippen MR) is 137 cm³/mol. The molecule has 2 aromatic rings. The van der Waals surface area contributed by atoms with E-state index in [1.165, 1.54) is 0 Å². The minimum atomic E-state index is -4.30. The summed E-state index contributed by atoms with van der Waals surface area (Å²) in [4.78, 5) is 32.8. The van der Waals surface area contributed by atoms with E-state index in [4.69, 9.17) is 25.2 Å². The zero-order valence-electron chi connectivity index (χ0n) is 22.5. The second kappa shape index (κ2) is 12.8. The minimum Gasteiger partial charge on any atom is -0.496 e. The van der Waals surface area contributed by atoms with Gasteiger partial charge in [0.2, 0.25) is 0 Å². The van der Waals surface area contributed by atoms with Gasteiger partial charge in [0, 0.05) is 24.2 Å². The molecule has 0 saturated carbocycles. The van der Waals surface area contributed by atoms with Crippen molar-refractivity contribution in [2.24, 2.45) is 0 Å². The molecule has 0 aliphatic carbocycles. The Morgan fingerprint density at radius 1 is 1.12 bits per heavy atom. The third kappa shape index (κ3) is 7.88. The topological polar surface area (TPSA) is 174 Å². The second-order valence-electron chi connectivity index (χ2n) is 10.2. The molecule has 1 saturated heterocycles. The number of anilines is 1. The number of nitrogens with zero attached hydrogens (tertiary/aromatic N) is 3. The van der Waals surface area contributed by atoms with E-state index in [1.54, 1.807) is 20.1 Å². The Labute approximate surface area is 233 Å². The van der Waals surface area contributed by atoms with E-state index in [0.717, 1.165) is 35.4 Å². The van der Waals surface area contributed by atoms with Crippen LogP contribution in [0.2, 0.25) is 0 Å². The third-order valence-corrected chi connectivity index (χ3v) is 6.96. The van der Waals surface area contributed by atoms with Crippen molar-refractivity contribution in [1.29, 1.82) is 0 Å². The van der Waals surface area contributed by atoms with Crippen molar-refractivity contribution in [3.05, 3.63) is 41.6 Å². The standard InChI is InChI=1S/C20H25F3N4O.C6H8O7/c1-13-10-18(20(21,22)23)27-19(24-13)11-15(25-27)16-7-5-9-26(16)12-14-6-3-4-8-17(14)28-2;7-3(8)1-6(13,5(11)12)2-4(9)10/h3-4,6,8,11,13,16,18,24H,5,7,9-10,12H2,1-2H3;13H,1-2H2,(H,7,8)(H,9,10)(H,11,12)/t13-,16?,18-;/m1./s1. The average Bonchev–Trinajstić information content (AvgIpc) is 3.49. The van der Waals surface area contributed by atoms with Crippen LogP contribution in [0.15, 0.2) is 30.3 Å². The van der Waals surface area contributed by atoms with Crippen LogP contribution in [0.3, 0.4) is 0 Å². The molecule has 1 fully saturated rings. The Balaban J connectivity index is 0.000000302. The van der Waals surface area contributed by atoms with Crippen molar-refractivity contribution >= 4 is 23.7 Å². The molecule has 0 bridgehead atoms. The molecule has 226 valence electrons. The van der Waals surface area contributed by atoms with Gasteiger partial charge in [-0.2, -0.15) is 18.3 Å². The fourth-order valence-corrected chi connectivity index (χ4v) is 5.06.